The number of aromatic amines is 1. The van der Waals surface area contributed by atoms with Crippen LogP contribution in [0.3, 0.4) is 0 Å². The van der Waals surface area contributed by atoms with Crippen LogP contribution in [0.5, 0.6) is 0 Å². The summed E-state index contributed by atoms with van der Waals surface area (Å²) in [4.78, 5) is 8.66. The van der Waals surface area contributed by atoms with Gasteiger partial charge in [-0.2, -0.15) is 15.4 Å². The molecule has 4 aromatic rings. The van der Waals surface area contributed by atoms with E-state index in [1.165, 1.54) is 0 Å². The normalized spacial score (nSPS) is 10.1. The Morgan fingerprint density at radius 3 is 2.32 bits per heavy atom. The summed E-state index contributed by atoms with van der Waals surface area (Å²) in [7, 11) is 0. The summed E-state index contributed by atoms with van der Waals surface area (Å²) in [5.74, 6) is 0. The molecule has 1 aromatic carbocycles. The smallest absolute Gasteiger partial charge is 0.0795 e. The van der Waals surface area contributed by atoms with Crippen molar-refractivity contribution in [1.82, 2.24) is 25.4 Å². The van der Waals surface area contributed by atoms with Gasteiger partial charge in [-0.25, -0.2) is 0 Å². The van der Waals surface area contributed by atoms with Gasteiger partial charge in [-0.05, 0) is 24.3 Å². The zero-order valence-corrected chi connectivity index (χ0v) is 10.1. The summed E-state index contributed by atoms with van der Waals surface area (Å²) >= 11 is 0. The zero-order chi connectivity index (χ0) is 12.9. The number of nitrogens with one attached hydrogen (secondary N) is 1. The summed E-state index contributed by atoms with van der Waals surface area (Å²) in [5, 5.41) is 11.6. The Kier molecular flexibility index (Phi) is 3.10. The van der Waals surface area contributed by atoms with Crippen LogP contribution in [0.2, 0.25) is 0 Å². The second-order valence-electron chi connectivity index (χ2n) is 3.87. The molecule has 0 bridgehead atoms. The van der Waals surface area contributed by atoms with E-state index in [0.29, 0.717) is 0 Å². The zero-order valence-electron chi connectivity index (χ0n) is 10.1. The molecule has 0 aliphatic carbocycles. The van der Waals surface area contributed by atoms with E-state index in [9.17, 15) is 0 Å². The molecule has 0 unspecified atom stereocenters. The molecule has 0 aliphatic rings. The van der Waals surface area contributed by atoms with Crippen LogP contribution in [0.25, 0.3) is 21.8 Å². The number of hydrogen-bond donors (Lipinski definition) is 1. The Hall–Kier alpha value is -2.82. The number of fused-ring (bicyclic) bond motifs is 3. The highest BCUT2D eigenvalue weighted by Crippen LogP contribution is 2.20. The van der Waals surface area contributed by atoms with Crippen LogP contribution in [-0.4, -0.2) is 25.4 Å². The molecule has 19 heavy (non-hydrogen) atoms. The first kappa shape index (κ1) is 11.3. The third kappa shape index (κ3) is 2.40. The van der Waals surface area contributed by atoms with Crippen molar-refractivity contribution in [3.8, 4) is 0 Å². The molecule has 3 aromatic heterocycles. The molecule has 4 rings (SSSR count). The van der Waals surface area contributed by atoms with Crippen LogP contribution in [-0.2, 0) is 0 Å². The average Bonchev–Trinajstić information content (AvgIpc) is 3.07. The molecule has 0 atom stereocenters. The quantitative estimate of drug-likeness (QED) is 0.486. The number of aromatic nitrogens is 5. The topological polar surface area (TPSA) is 67.3 Å². The summed E-state index contributed by atoms with van der Waals surface area (Å²) in [6.07, 6.45) is 6.78. The monoisotopic (exact) mass is 249 g/mol. The van der Waals surface area contributed by atoms with Gasteiger partial charge in [0.05, 0.1) is 23.4 Å². The predicted molar refractivity (Wildman–Crippen MR) is 73.4 cm³/mol. The predicted octanol–water partition coefficient (Wildman–Crippen LogP) is 2.59. The number of hydrogen-bond acceptors (Lipinski definition) is 4. The number of pyridine rings is 2. The SMILES string of the molecule is c1cn[nH]n1.c1cnc2c(c1)ccc1ncccc12. The average molecular weight is 249 g/mol. The molecule has 0 saturated heterocycles. The number of nitrogens with zero attached hydrogens (tertiary/aromatic N) is 4. The highest BCUT2D eigenvalue weighted by atomic mass is 15.3. The van der Waals surface area contributed by atoms with Crippen LogP contribution in [0, 0.1) is 0 Å². The highest BCUT2D eigenvalue weighted by molar-refractivity contribution is 6.03. The van der Waals surface area contributed by atoms with E-state index >= 15 is 0 Å². The lowest BCUT2D eigenvalue weighted by molar-refractivity contribution is 0.940. The maximum atomic E-state index is 4.37. The molecule has 3 heterocycles. The van der Waals surface area contributed by atoms with Gasteiger partial charge in [0.2, 0.25) is 0 Å². The van der Waals surface area contributed by atoms with Crippen molar-refractivity contribution in [1.29, 1.82) is 0 Å². The maximum Gasteiger partial charge on any atom is 0.0795 e. The van der Waals surface area contributed by atoms with Gasteiger partial charge in [-0.1, -0.05) is 12.1 Å². The van der Waals surface area contributed by atoms with Crippen LogP contribution in [0.4, 0.5) is 0 Å². The first-order valence-corrected chi connectivity index (χ1v) is 5.83. The third-order valence-electron chi connectivity index (χ3n) is 2.68. The van der Waals surface area contributed by atoms with Gasteiger partial charge in [0.15, 0.2) is 0 Å². The molecule has 5 nitrogen and oxygen atoms in total. The van der Waals surface area contributed by atoms with Crippen molar-refractivity contribution < 1.29 is 0 Å². The summed E-state index contributed by atoms with van der Waals surface area (Å²) in [5.41, 5.74) is 2.02. The van der Waals surface area contributed by atoms with Gasteiger partial charge >= 0.3 is 0 Å². The molecular weight excluding hydrogens is 238 g/mol. The summed E-state index contributed by atoms with van der Waals surface area (Å²) < 4.78 is 0. The molecular formula is C14H11N5. The lowest BCUT2D eigenvalue weighted by Crippen LogP contribution is -1.82. The van der Waals surface area contributed by atoms with E-state index < -0.39 is 0 Å². The van der Waals surface area contributed by atoms with Crippen LogP contribution >= 0.6 is 0 Å². The molecule has 0 spiro atoms. The minimum Gasteiger partial charge on any atom is -0.256 e. The van der Waals surface area contributed by atoms with Crippen molar-refractivity contribution in [3.05, 3.63) is 61.2 Å². The Balaban J connectivity index is 0.000000187. The summed E-state index contributed by atoms with van der Waals surface area (Å²) in [6.45, 7) is 0. The first-order chi connectivity index (χ1) is 9.45. The highest BCUT2D eigenvalue weighted by Gasteiger charge is 1.99. The second-order valence-corrected chi connectivity index (χ2v) is 3.87. The van der Waals surface area contributed by atoms with Crippen molar-refractivity contribution >= 4 is 21.8 Å². The molecule has 0 radical (unpaired) electrons. The molecule has 0 amide bonds. The minimum absolute atomic E-state index is 0.999. The van der Waals surface area contributed by atoms with Crippen LogP contribution in [0.1, 0.15) is 0 Å². The van der Waals surface area contributed by atoms with E-state index in [4.69, 9.17) is 0 Å². The molecule has 0 saturated carbocycles. The van der Waals surface area contributed by atoms with Crippen molar-refractivity contribution in [2.75, 3.05) is 0 Å². The fourth-order valence-corrected chi connectivity index (χ4v) is 1.86. The lowest BCUT2D eigenvalue weighted by Gasteiger charge is -2.00. The molecule has 0 aliphatic heterocycles. The minimum atomic E-state index is 0.999. The fourth-order valence-electron chi connectivity index (χ4n) is 1.86. The standard InChI is InChI=1S/C12H8N2.C2H3N3/c1-3-9-5-6-11-10(4-2-7-13-11)12(9)14-8-1;1-2-4-5-3-1/h1-8H;1-2H,(H,3,4,5). The Morgan fingerprint density at radius 2 is 1.53 bits per heavy atom. The van der Waals surface area contributed by atoms with Crippen molar-refractivity contribution in [3.63, 3.8) is 0 Å². The van der Waals surface area contributed by atoms with Gasteiger partial charge in [0.1, 0.15) is 0 Å². The molecule has 1 N–H and O–H groups in total. The summed E-state index contributed by atoms with van der Waals surface area (Å²) in [6, 6.07) is 12.1. The van der Waals surface area contributed by atoms with Crippen molar-refractivity contribution in [2.24, 2.45) is 0 Å². The van der Waals surface area contributed by atoms with Crippen molar-refractivity contribution in [2.45, 2.75) is 0 Å². The van der Waals surface area contributed by atoms with Crippen LogP contribution in [0.15, 0.2) is 61.2 Å². The first-order valence-electron chi connectivity index (χ1n) is 5.83. The maximum absolute atomic E-state index is 4.37. The third-order valence-corrected chi connectivity index (χ3v) is 2.68. The van der Waals surface area contributed by atoms with Gasteiger partial charge in [0.25, 0.3) is 0 Å². The van der Waals surface area contributed by atoms with Gasteiger partial charge in [-0.15, -0.1) is 0 Å². The van der Waals surface area contributed by atoms with E-state index in [1.807, 2.05) is 24.4 Å². The number of H-pyrrole nitrogens is 1. The number of benzene rings is 1. The Morgan fingerprint density at radius 1 is 0.737 bits per heavy atom. The fraction of sp³-hybridized carbons (Fsp3) is 0. The molecule has 5 heteroatoms. The second kappa shape index (κ2) is 5.22. The lowest BCUT2D eigenvalue weighted by atomic mass is 10.1. The van der Waals surface area contributed by atoms with E-state index in [0.717, 1.165) is 21.8 Å². The number of rotatable bonds is 0. The van der Waals surface area contributed by atoms with Crippen LogP contribution < -0.4 is 0 Å². The van der Waals surface area contributed by atoms with E-state index in [1.54, 1.807) is 18.6 Å². The van der Waals surface area contributed by atoms with Gasteiger partial charge in [0, 0.05) is 23.2 Å². The Bertz CT molecular complexity index is 708. The van der Waals surface area contributed by atoms with E-state index in [-0.39, 0.29) is 0 Å². The Labute approximate surface area is 109 Å². The molecule has 92 valence electrons. The van der Waals surface area contributed by atoms with Gasteiger partial charge in [-0.3, -0.25) is 9.97 Å². The largest absolute Gasteiger partial charge is 0.256 e. The van der Waals surface area contributed by atoms with E-state index in [2.05, 4.69) is 43.6 Å². The molecule has 0 fully saturated rings. The van der Waals surface area contributed by atoms with Gasteiger partial charge < -0.3 is 0 Å².